The molecule has 0 aliphatic heterocycles. The standard InChI is InChI=1S/C17H21NO4/c1-2-3-8-21-9-10-22-17(20)12-18-11-14(13-19)15-6-4-5-7-16(15)18/h4-7,11,13H,2-3,8-10,12H2,1H3. The maximum atomic E-state index is 11.9. The van der Waals surface area contributed by atoms with Gasteiger partial charge in [0.05, 0.1) is 6.61 Å². The van der Waals surface area contributed by atoms with E-state index in [2.05, 4.69) is 6.92 Å². The lowest BCUT2D eigenvalue weighted by Crippen LogP contribution is -2.16. The normalized spacial score (nSPS) is 10.8. The number of nitrogens with zero attached hydrogens (tertiary/aromatic N) is 1. The molecule has 1 aromatic carbocycles. The predicted octanol–water partition coefficient (Wildman–Crippen LogP) is 2.81. The fourth-order valence-corrected chi connectivity index (χ4v) is 2.25. The van der Waals surface area contributed by atoms with Crippen LogP contribution in [0.25, 0.3) is 10.9 Å². The molecule has 0 amide bonds. The summed E-state index contributed by atoms with van der Waals surface area (Å²) >= 11 is 0. The van der Waals surface area contributed by atoms with E-state index >= 15 is 0 Å². The molecule has 0 aliphatic carbocycles. The highest BCUT2D eigenvalue weighted by molar-refractivity contribution is 5.98. The van der Waals surface area contributed by atoms with Crippen molar-refractivity contribution in [3.8, 4) is 0 Å². The number of aldehydes is 1. The van der Waals surface area contributed by atoms with Crippen molar-refractivity contribution in [2.24, 2.45) is 0 Å². The van der Waals surface area contributed by atoms with Crippen LogP contribution in [-0.2, 0) is 20.8 Å². The number of hydrogen-bond acceptors (Lipinski definition) is 4. The fraction of sp³-hybridized carbons (Fsp3) is 0.412. The van der Waals surface area contributed by atoms with Gasteiger partial charge in [0.25, 0.3) is 0 Å². The highest BCUT2D eigenvalue weighted by atomic mass is 16.6. The molecule has 0 aliphatic rings. The van der Waals surface area contributed by atoms with Gasteiger partial charge in [0.15, 0.2) is 6.29 Å². The van der Waals surface area contributed by atoms with E-state index in [9.17, 15) is 9.59 Å². The van der Waals surface area contributed by atoms with Crippen LogP contribution >= 0.6 is 0 Å². The average Bonchev–Trinajstić information content (AvgIpc) is 2.89. The Balaban J connectivity index is 1.88. The highest BCUT2D eigenvalue weighted by Crippen LogP contribution is 2.19. The van der Waals surface area contributed by atoms with Crippen LogP contribution in [0.3, 0.4) is 0 Å². The summed E-state index contributed by atoms with van der Waals surface area (Å²) in [5, 5.41) is 0.841. The summed E-state index contributed by atoms with van der Waals surface area (Å²) in [5.41, 5.74) is 1.42. The lowest BCUT2D eigenvalue weighted by molar-refractivity contribution is -0.145. The zero-order valence-electron chi connectivity index (χ0n) is 12.8. The second-order valence-electron chi connectivity index (χ2n) is 5.03. The molecule has 0 fully saturated rings. The second kappa shape index (κ2) is 8.34. The van der Waals surface area contributed by atoms with Crippen molar-refractivity contribution in [2.45, 2.75) is 26.3 Å². The molecule has 118 valence electrons. The molecule has 22 heavy (non-hydrogen) atoms. The summed E-state index contributed by atoms with van der Waals surface area (Å²) in [6.07, 6.45) is 4.57. The number of unbranched alkanes of at least 4 members (excludes halogenated alkanes) is 1. The first kappa shape index (κ1) is 16.2. The molecule has 0 saturated carbocycles. The largest absolute Gasteiger partial charge is 0.462 e. The zero-order chi connectivity index (χ0) is 15.8. The lowest BCUT2D eigenvalue weighted by atomic mass is 10.2. The molecule has 0 atom stereocenters. The van der Waals surface area contributed by atoms with Crippen LogP contribution < -0.4 is 0 Å². The van der Waals surface area contributed by atoms with E-state index in [0.717, 1.165) is 30.0 Å². The smallest absolute Gasteiger partial charge is 0.326 e. The Morgan fingerprint density at radius 1 is 1.23 bits per heavy atom. The lowest BCUT2D eigenvalue weighted by Gasteiger charge is -2.07. The van der Waals surface area contributed by atoms with E-state index in [4.69, 9.17) is 9.47 Å². The van der Waals surface area contributed by atoms with Crippen molar-refractivity contribution in [1.82, 2.24) is 4.57 Å². The second-order valence-corrected chi connectivity index (χ2v) is 5.03. The van der Waals surface area contributed by atoms with Crippen LogP contribution in [0.5, 0.6) is 0 Å². The molecule has 2 aromatic rings. The molecule has 2 rings (SSSR count). The maximum absolute atomic E-state index is 11.9. The number of carbonyl (C=O) groups is 2. The number of carbonyl (C=O) groups excluding carboxylic acids is 2. The number of hydrogen-bond donors (Lipinski definition) is 0. The van der Waals surface area contributed by atoms with Crippen molar-refractivity contribution in [3.63, 3.8) is 0 Å². The molecule has 1 heterocycles. The number of fused-ring (bicyclic) bond motifs is 1. The molecule has 0 spiro atoms. The van der Waals surface area contributed by atoms with Crippen LogP contribution in [0.1, 0.15) is 30.1 Å². The van der Waals surface area contributed by atoms with Crippen molar-refractivity contribution < 1.29 is 19.1 Å². The van der Waals surface area contributed by atoms with Crippen LogP contribution in [0.15, 0.2) is 30.5 Å². The van der Waals surface area contributed by atoms with E-state index in [-0.39, 0.29) is 19.1 Å². The van der Waals surface area contributed by atoms with E-state index in [1.807, 2.05) is 24.3 Å². The Morgan fingerprint density at radius 2 is 2.05 bits per heavy atom. The third-order valence-corrected chi connectivity index (χ3v) is 3.38. The molecule has 0 unspecified atom stereocenters. The van der Waals surface area contributed by atoms with Crippen molar-refractivity contribution in [3.05, 3.63) is 36.0 Å². The Hall–Kier alpha value is -2.14. The molecular formula is C17H21NO4. The highest BCUT2D eigenvalue weighted by Gasteiger charge is 2.11. The van der Waals surface area contributed by atoms with Crippen molar-refractivity contribution in [2.75, 3.05) is 19.8 Å². The van der Waals surface area contributed by atoms with Gasteiger partial charge >= 0.3 is 5.97 Å². The van der Waals surface area contributed by atoms with Crippen LogP contribution in [0.2, 0.25) is 0 Å². The van der Waals surface area contributed by atoms with E-state index in [1.54, 1.807) is 10.8 Å². The minimum atomic E-state index is -0.336. The Kier molecular flexibility index (Phi) is 6.15. The number of esters is 1. The van der Waals surface area contributed by atoms with Gasteiger partial charge in [-0.05, 0) is 12.5 Å². The first-order valence-electron chi connectivity index (χ1n) is 7.52. The van der Waals surface area contributed by atoms with Gasteiger partial charge in [0.1, 0.15) is 13.2 Å². The monoisotopic (exact) mass is 303 g/mol. The Bertz CT molecular complexity index is 633. The molecule has 0 radical (unpaired) electrons. The molecule has 0 saturated heterocycles. The van der Waals surface area contributed by atoms with E-state index < -0.39 is 0 Å². The molecular weight excluding hydrogens is 282 g/mol. The number of ether oxygens (including phenoxy) is 2. The van der Waals surface area contributed by atoms with Crippen molar-refractivity contribution >= 4 is 23.2 Å². The summed E-state index contributed by atoms with van der Waals surface area (Å²) in [7, 11) is 0. The van der Waals surface area contributed by atoms with Crippen LogP contribution in [0, 0.1) is 0 Å². The fourth-order valence-electron chi connectivity index (χ4n) is 2.25. The Labute approximate surface area is 129 Å². The molecule has 5 nitrogen and oxygen atoms in total. The van der Waals surface area contributed by atoms with E-state index in [0.29, 0.717) is 18.8 Å². The molecule has 1 aromatic heterocycles. The Morgan fingerprint density at radius 3 is 2.82 bits per heavy atom. The van der Waals surface area contributed by atoms with E-state index in [1.165, 1.54) is 0 Å². The maximum Gasteiger partial charge on any atom is 0.326 e. The minimum absolute atomic E-state index is 0.0866. The molecule has 0 bridgehead atoms. The van der Waals surface area contributed by atoms with Crippen molar-refractivity contribution in [1.29, 1.82) is 0 Å². The van der Waals surface area contributed by atoms with Crippen LogP contribution in [0.4, 0.5) is 0 Å². The quantitative estimate of drug-likeness (QED) is 0.406. The van der Waals surface area contributed by atoms with Gasteiger partial charge in [0, 0.05) is 29.3 Å². The summed E-state index contributed by atoms with van der Waals surface area (Å²) in [5.74, 6) is -0.336. The number of aromatic nitrogens is 1. The van der Waals surface area contributed by atoms with Gasteiger partial charge in [-0.15, -0.1) is 0 Å². The number of rotatable bonds is 9. The molecule has 0 N–H and O–H groups in total. The van der Waals surface area contributed by atoms with Gasteiger partial charge in [-0.3, -0.25) is 9.59 Å². The first-order valence-corrected chi connectivity index (χ1v) is 7.52. The average molecular weight is 303 g/mol. The summed E-state index contributed by atoms with van der Waals surface area (Å²) < 4.78 is 12.2. The predicted molar refractivity (Wildman–Crippen MR) is 84.0 cm³/mol. The summed E-state index contributed by atoms with van der Waals surface area (Å²) in [6.45, 7) is 3.54. The van der Waals surface area contributed by atoms with Gasteiger partial charge < -0.3 is 14.0 Å². The number of para-hydroxylation sites is 1. The molecule has 5 heteroatoms. The van der Waals surface area contributed by atoms with Gasteiger partial charge in [-0.2, -0.15) is 0 Å². The van der Waals surface area contributed by atoms with Gasteiger partial charge in [0.2, 0.25) is 0 Å². The van der Waals surface area contributed by atoms with Gasteiger partial charge in [-0.25, -0.2) is 0 Å². The first-order chi connectivity index (χ1) is 10.8. The summed E-state index contributed by atoms with van der Waals surface area (Å²) in [6, 6.07) is 7.48. The zero-order valence-corrected chi connectivity index (χ0v) is 12.8. The summed E-state index contributed by atoms with van der Waals surface area (Å²) in [4.78, 5) is 22.9. The topological polar surface area (TPSA) is 57.5 Å². The minimum Gasteiger partial charge on any atom is -0.462 e. The SMILES string of the molecule is CCCCOCCOC(=O)Cn1cc(C=O)c2ccccc21. The van der Waals surface area contributed by atoms with Gasteiger partial charge in [-0.1, -0.05) is 31.5 Å². The van der Waals surface area contributed by atoms with Crippen LogP contribution in [-0.4, -0.2) is 36.6 Å². The number of benzene rings is 1. The third kappa shape index (κ3) is 4.18. The third-order valence-electron chi connectivity index (χ3n) is 3.38.